The van der Waals surface area contributed by atoms with Crippen LogP contribution in [0.15, 0.2) is 30.6 Å². The minimum Gasteiger partial charge on any atom is -0.495 e. The normalized spacial score (nSPS) is 14.8. The molecule has 4 heteroatoms. The third-order valence-electron chi connectivity index (χ3n) is 3.26. The van der Waals surface area contributed by atoms with Gasteiger partial charge in [-0.2, -0.15) is 5.10 Å². The Labute approximate surface area is 111 Å². The van der Waals surface area contributed by atoms with Gasteiger partial charge < -0.3 is 4.74 Å². The molecular weight excluding hydrogens is 248 g/mol. The molecule has 94 valence electrons. The largest absolute Gasteiger partial charge is 0.495 e. The standard InChI is InChI=1S/C14H15ClN2O/c1-18-14-5-4-11(6-13(14)15)12-7-16-17(9-12)8-10-2-3-10/h4-7,9-10H,2-3,8H2,1H3. The Morgan fingerprint density at radius 2 is 2.22 bits per heavy atom. The average Bonchev–Trinajstić information content (AvgIpc) is 3.05. The van der Waals surface area contributed by atoms with Gasteiger partial charge in [-0.1, -0.05) is 17.7 Å². The average molecular weight is 263 g/mol. The van der Waals surface area contributed by atoms with E-state index in [1.807, 2.05) is 29.1 Å². The fraction of sp³-hybridized carbons (Fsp3) is 0.357. The molecule has 0 amide bonds. The Morgan fingerprint density at radius 1 is 1.39 bits per heavy atom. The Kier molecular flexibility index (Phi) is 3.00. The second-order valence-electron chi connectivity index (χ2n) is 4.74. The van der Waals surface area contributed by atoms with Crippen molar-refractivity contribution in [3.8, 4) is 16.9 Å². The molecule has 1 aliphatic rings. The van der Waals surface area contributed by atoms with Crippen molar-refractivity contribution in [2.45, 2.75) is 19.4 Å². The number of nitrogens with zero attached hydrogens (tertiary/aromatic N) is 2. The van der Waals surface area contributed by atoms with Gasteiger partial charge in [-0.25, -0.2) is 0 Å². The van der Waals surface area contributed by atoms with Gasteiger partial charge in [-0.3, -0.25) is 4.68 Å². The number of halogens is 1. The van der Waals surface area contributed by atoms with Crippen molar-refractivity contribution in [1.82, 2.24) is 9.78 Å². The summed E-state index contributed by atoms with van der Waals surface area (Å²) < 4.78 is 7.17. The summed E-state index contributed by atoms with van der Waals surface area (Å²) in [6.07, 6.45) is 6.64. The minimum atomic E-state index is 0.630. The number of benzene rings is 1. The monoisotopic (exact) mass is 262 g/mol. The third kappa shape index (κ3) is 2.36. The second-order valence-corrected chi connectivity index (χ2v) is 5.15. The van der Waals surface area contributed by atoms with Gasteiger partial charge in [-0.15, -0.1) is 0 Å². The van der Waals surface area contributed by atoms with Crippen LogP contribution in [0.3, 0.4) is 0 Å². The predicted molar refractivity (Wildman–Crippen MR) is 71.9 cm³/mol. The fourth-order valence-corrected chi connectivity index (χ4v) is 2.28. The number of aromatic nitrogens is 2. The fourth-order valence-electron chi connectivity index (χ4n) is 2.02. The van der Waals surface area contributed by atoms with Crippen LogP contribution in [0.25, 0.3) is 11.1 Å². The molecular formula is C14H15ClN2O. The van der Waals surface area contributed by atoms with Gasteiger partial charge in [-0.05, 0) is 36.5 Å². The molecule has 0 unspecified atom stereocenters. The molecule has 1 aromatic heterocycles. The summed E-state index contributed by atoms with van der Waals surface area (Å²) in [6, 6.07) is 5.80. The number of ether oxygens (including phenoxy) is 1. The van der Waals surface area contributed by atoms with E-state index in [0.29, 0.717) is 10.8 Å². The molecule has 18 heavy (non-hydrogen) atoms. The van der Waals surface area contributed by atoms with E-state index in [2.05, 4.69) is 11.3 Å². The van der Waals surface area contributed by atoms with E-state index in [1.165, 1.54) is 12.8 Å². The Hall–Kier alpha value is -1.48. The lowest BCUT2D eigenvalue weighted by molar-refractivity contribution is 0.415. The van der Waals surface area contributed by atoms with Gasteiger partial charge in [0.05, 0.1) is 18.3 Å². The molecule has 0 atom stereocenters. The number of hydrogen-bond acceptors (Lipinski definition) is 2. The molecule has 0 saturated heterocycles. The number of methoxy groups -OCH3 is 1. The number of rotatable bonds is 4. The minimum absolute atomic E-state index is 0.630. The summed E-state index contributed by atoms with van der Waals surface area (Å²) in [6.45, 7) is 1.03. The van der Waals surface area contributed by atoms with E-state index in [1.54, 1.807) is 7.11 Å². The van der Waals surface area contributed by atoms with Crippen LogP contribution in [0.4, 0.5) is 0 Å². The van der Waals surface area contributed by atoms with E-state index in [-0.39, 0.29) is 0 Å². The van der Waals surface area contributed by atoms with Crippen molar-refractivity contribution in [2.75, 3.05) is 7.11 Å². The highest BCUT2D eigenvalue weighted by atomic mass is 35.5. The summed E-state index contributed by atoms with van der Waals surface area (Å²) in [5.41, 5.74) is 2.17. The maximum absolute atomic E-state index is 6.13. The summed E-state index contributed by atoms with van der Waals surface area (Å²) in [5, 5.41) is 5.02. The van der Waals surface area contributed by atoms with E-state index in [4.69, 9.17) is 16.3 Å². The van der Waals surface area contributed by atoms with E-state index >= 15 is 0 Å². The van der Waals surface area contributed by atoms with Crippen molar-refractivity contribution in [1.29, 1.82) is 0 Å². The quantitative estimate of drug-likeness (QED) is 0.841. The van der Waals surface area contributed by atoms with Gasteiger partial charge in [0, 0.05) is 18.3 Å². The number of hydrogen-bond donors (Lipinski definition) is 0. The van der Waals surface area contributed by atoms with Gasteiger partial charge in [0.25, 0.3) is 0 Å². The molecule has 1 aromatic carbocycles. The van der Waals surface area contributed by atoms with E-state index in [0.717, 1.165) is 23.6 Å². The maximum Gasteiger partial charge on any atom is 0.137 e. The van der Waals surface area contributed by atoms with Crippen LogP contribution >= 0.6 is 11.6 Å². The zero-order valence-electron chi connectivity index (χ0n) is 10.3. The highest BCUT2D eigenvalue weighted by Gasteiger charge is 2.22. The van der Waals surface area contributed by atoms with Crippen LogP contribution in [0.5, 0.6) is 5.75 Å². The van der Waals surface area contributed by atoms with Gasteiger partial charge in [0.2, 0.25) is 0 Å². The van der Waals surface area contributed by atoms with Crippen LogP contribution in [-0.2, 0) is 6.54 Å². The topological polar surface area (TPSA) is 27.1 Å². The first-order valence-corrected chi connectivity index (χ1v) is 6.50. The summed E-state index contributed by atoms with van der Waals surface area (Å²) in [7, 11) is 1.62. The molecule has 2 aromatic rings. The zero-order valence-corrected chi connectivity index (χ0v) is 11.0. The summed E-state index contributed by atoms with van der Waals surface area (Å²) in [4.78, 5) is 0. The second kappa shape index (κ2) is 4.65. The summed E-state index contributed by atoms with van der Waals surface area (Å²) in [5.74, 6) is 1.53. The van der Waals surface area contributed by atoms with Crippen molar-refractivity contribution >= 4 is 11.6 Å². The van der Waals surface area contributed by atoms with Crippen molar-refractivity contribution in [2.24, 2.45) is 5.92 Å². The van der Waals surface area contributed by atoms with Crippen LogP contribution < -0.4 is 4.74 Å². The summed E-state index contributed by atoms with van der Waals surface area (Å²) >= 11 is 6.13. The van der Waals surface area contributed by atoms with Gasteiger partial charge >= 0.3 is 0 Å². The third-order valence-corrected chi connectivity index (χ3v) is 3.56. The van der Waals surface area contributed by atoms with Crippen LogP contribution in [0.2, 0.25) is 5.02 Å². The molecule has 0 N–H and O–H groups in total. The lowest BCUT2D eigenvalue weighted by Gasteiger charge is -2.04. The van der Waals surface area contributed by atoms with Crippen molar-refractivity contribution < 1.29 is 4.74 Å². The molecule has 1 aliphatic carbocycles. The first kappa shape index (κ1) is 11.6. The van der Waals surface area contributed by atoms with E-state index < -0.39 is 0 Å². The first-order valence-electron chi connectivity index (χ1n) is 6.12. The molecule has 3 nitrogen and oxygen atoms in total. The molecule has 0 radical (unpaired) electrons. The van der Waals surface area contributed by atoms with Crippen LogP contribution in [0.1, 0.15) is 12.8 Å². The SMILES string of the molecule is COc1ccc(-c2cnn(CC3CC3)c2)cc1Cl. The zero-order chi connectivity index (χ0) is 12.5. The molecule has 0 bridgehead atoms. The first-order chi connectivity index (χ1) is 8.76. The Balaban J connectivity index is 1.84. The lowest BCUT2D eigenvalue weighted by Crippen LogP contribution is -1.98. The highest BCUT2D eigenvalue weighted by Crippen LogP contribution is 2.32. The molecule has 0 spiro atoms. The molecule has 0 aliphatic heterocycles. The molecule has 1 heterocycles. The van der Waals surface area contributed by atoms with Gasteiger partial charge in [0.15, 0.2) is 0 Å². The van der Waals surface area contributed by atoms with Crippen LogP contribution in [0, 0.1) is 5.92 Å². The maximum atomic E-state index is 6.13. The van der Waals surface area contributed by atoms with Crippen molar-refractivity contribution in [3.05, 3.63) is 35.6 Å². The Bertz CT molecular complexity index is 561. The molecule has 1 fully saturated rings. The predicted octanol–water partition coefficient (Wildman–Crippen LogP) is 3.62. The smallest absolute Gasteiger partial charge is 0.137 e. The Morgan fingerprint density at radius 3 is 2.89 bits per heavy atom. The highest BCUT2D eigenvalue weighted by molar-refractivity contribution is 6.32. The molecule has 3 rings (SSSR count). The lowest BCUT2D eigenvalue weighted by atomic mass is 10.1. The van der Waals surface area contributed by atoms with Gasteiger partial charge in [0.1, 0.15) is 5.75 Å². The molecule has 1 saturated carbocycles. The van der Waals surface area contributed by atoms with Crippen molar-refractivity contribution in [3.63, 3.8) is 0 Å². The van der Waals surface area contributed by atoms with Crippen LogP contribution in [-0.4, -0.2) is 16.9 Å². The van der Waals surface area contributed by atoms with E-state index in [9.17, 15) is 0 Å².